The third-order valence-electron chi connectivity index (χ3n) is 5.37. The SMILES string of the molecule is CCCc1nc(-c2ccc3c(c2)N(CC(=O)Nc2ccc(C(=O)OC)cc2)C(=O)C(C)O3)cs1. The quantitative estimate of drug-likeness (QED) is 0.508. The number of thiazole rings is 1. The molecule has 4 rings (SSSR count). The minimum Gasteiger partial charge on any atom is -0.479 e. The summed E-state index contributed by atoms with van der Waals surface area (Å²) >= 11 is 1.61. The second-order valence-electron chi connectivity index (χ2n) is 7.86. The summed E-state index contributed by atoms with van der Waals surface area (Å²) in [5, 5.41) is 5.82. The number of nitrogens with zero attached hydrogens (tertiary/aromatic N) is 2. The number of fused-ring (bicyclic) bond motifs is 1. The zero-order valence-corrected chi connectivity index (χ0v) is 20.0. The first-order chi connectivity index (χ1) is 16.4. The van der Waals surface area contributed by atoms with E-state index < -0.39 is 12.1 Å². The number of carbonyl (C=O) groups excluding carboxylic acids is 3. The van der Waals surface area contributed by atoms with Gasteiger partial charge in [0, 0.05) is 16.6 Å². The zero-order chi connectivity index (χ0) is 24.2. The van der Waals surface area contributed by atoms with Crippen LogP contribution in [0.15, 0.2) is 47.8 Å². The number of methoxy groups -OCH3 is 1. The van der Waals surface area contributed by atoms with E-state index in [1.807, 2.05) is 23.6 Å². The molecule has 2 aromatic carbocycles. The molecule has 0 radical (unpaired) electrons. The van der Waals surface area contributed by atoms with Gasteiger partial charge in [-0.05, 0) is 62.2 Å². The minimum absolute atomic E-state index is 0.181. The summed E-state index contributed by atoms with van der Waals surface area (Å²) in [6, 6.07) is 11.9. The molecule has 3 aromatic rings. The predicted molar refractivity (Wildman–Crippen MR) is 130 cm³/mol. The van der Waals surface area contributed by atoms with Gasteiger partial charge in [0.05, 0.1) is 29.1 Å². The Morgan fingerprint density at radius 3 is 2.68 bits per heavy atom. The Kier molecular flexibility index (Phi) is 6.93. The number of hydrogen-bond donors (Lipinski definition) is 1. The topological polar surface area (TPSA) is 97.8 Å². The number of nitrogens with one attached hydrogen (secondary N) is 1. The van der Waals surface area contributed by atoms with E-state index in [0.717, 1.165) is 29.1 Å². The molecule has 2 amide bonds. The Labute approximate surface area is 201 Å². The van der Waals surface area contributed by atoms with Crippen molar-refractivity contribution in [2.45, 2.75) is 32.8 Å². The maximum absolute atomic E-state index is 12.9. The number of carbonyl (C=O) groups is 3. The summed E-state index contributed by atoms with van der Waals surface area (Å²) in [5.41, 5.74) is 3.10. The van der Waals surface area contributed by atoms with E-state index in [1.54, 1.807) is 42.5 Å². The van der Waals surface area contributed by atoms with E-state index >= 15 is 0 Å². The average molecular weight is 480 g/mol. The van der Waals surface area contributed by atoms with Crippen LogP contribution in [0.25, 0.3) is 11.3 Å². The second-order valence-corrected chi connectivity index (χ2v) is 8.80. The molecule has 1 aliphatic heterocycles. The number of anilines is 2. The molecule has 8 nitrogen and oxygen atoms in total. The molecule has 0 bridgehead atoms. The van der Waals surface area contributed by atoms with Gasteiger partial charge in [-0.2, -0.15) is 0 Å². The van der Waals surface area contributed by atoms with Gasteiger partial charge in [-0.25, -0.2) is 9.78 Å². The summed E-state index contributed by atoms with van der Waals surface area (Å²) < 4.78 is 10.5. The van der Waals surface area contributed by atoms with Gasteiger partial charge in [-0.15, -0.1) is 11.3 Å². The summed E-state index contributed by atoms with van der Waals surface area (Å²) in [6.07, 6.45) is 1.23. The van der Waals surface area contributed by atoms with Crippen molar-refractivity contribution in [3.05, 3.63) is 58.4 Å². The van der Waals surface area contributed by atoms with Crippen molar-refractivity contribution in [1.82, 2.24) is 4.98 Å². The highest BCUT2D eigenvalue weighted by Crippen LogP contribution is 2.37. The van der Waals surface area contributed by atoms with E-state index in [2.05, 4.69) is 22.0 Å². The summed E-state index contributed by atoms with van der Waals surface area (Å²) in [4.78, 5) is 43.4. The molecule has 1 aromatic heterocycles. The largest absolute Gasteiger partial charge is 0.479 e. The zero-order valence-electron chi connectivity index (χ0n) is 19.2. The lowest BCUT2D eigenvalue weighted by molar-refractivity contribution is -0.127. The highest BCUT2D eigenvalue weighted by atomic mass is 32.1. The normalized spacial score (nSPS) is 14.9. The van der Waals surface area contributed by atoms with Gasteiger partial charge in [0.2, 0.25) is 5.91 Å². The molecular formula is C25H25N3O5S. The van der Waals surface area contributed by atoms with Gasteiger partial charge in [0.1, 0.15) is 12.3 Å². The van der Waals surface area contributed by atoms with Crippen LogP contribution in [0, 0.1) is 0 Å². The molecule has 176 valence electrons. The number of aromatic nitrogens is 1. The maximum Gasteiger partial charge on any atom is 0.337 e. The first-order valence-corrected chi connectivity index (χ1v) is 11.8. The molecular weight excluding hydrogens is 454 g/mol. The third kappa shape index (κ3) is 4.94. The Morgan fingerprint density at radius 1 is 1.21 bits per heavy atom. The highest BCUT2D eigenvalue weighted by molar-refractivity contribution is 7.09. The van der Waals surface area contributed by atoms with Crippen molar-refractivity contribution in [3.8, 4) is 17.0 Å². The van der Waals surface area contributed by atoms with Crippen molar-refractivity contribution in [2.24, 2.45) is 0 Å². The number of rotatable bonds is 7. The predicted octanol–water partition coefficient (Wildman–Crippen LogP) is 4.30. The number of amides is 2. The van der Waals surface area contributed by atoms with Crippen LogP contribution in [-0.4, -0.2) is 42.5 Å². The summed E-state index contributed by atoms with van der Waals surface area (Å²) in [5.74, 6) is -0.593. The van der Waals surface area contributed by atoms with Crippen molar-refractivity contribution >= 4 is 40.5 Å². The van der Waals surface area contributed by atoms with Gasteiger partial charge >= 0.3 is 5.97 Å². The lowest BCUT2D eigenvalue weighted by Gasteiger charge is -2.32. The molecule has 1 N–H and O–H groups in total. The van der Waals surface area contributed by atoms with Gasteiger partial charge in [-0.1, -0.05) is 6.92 Å². The van der Waals surface area contributed by atoms with E-state index in [4.69, 9.17) is 4.74 Å². The van der Waals surface area contributed by atoms with Crippen LogP contribution >= 0.6 is 11.3 Å². The second kappa shape index (κ2) is 10.0. The van der Waals surface area contributed by atoms with Crippen LogP contribution in [0.5, 0.6) is 5.75 Å². The molecule has 0 fully saturated rings. The summed E-state index contributed by atoms with van der Waals surface area (Å²) in [6.45, 7) is 3.59. The van der Waals surface area contributed by atoms with E-state index in [9.17, 15) is 14.4 Å². The number of hydrogen-bond acceptors (Lipinski definition) is 7. The Morgan fingerprint density at radius 2 is 1.97 bits per heavy atom. The Bertz CT molecular complexity index is 1220. The Balaban J connectivity index is 1.55. The average Bonchev–Trinajstić information content (AvgIpc) is 3.30. The van der Waals surface area contributed by atoms with Gasteiger partial charge in [-0.3, -0.25) is 14.5 Å². The van der Waals surface area contributed by atoms with Crippen molar-refractivity contribution < 1.29 is 23.9 Å². The lowest BCUT2D eigenvalue weighted by atomic mass is 10.1. The monoisotopic (exact) mass is 479 g/mol. The van der Waals surface area contributed by atoms with Crippen LogP contribution in [0.3, 0.4) is 0 Å². The smallest absolute Gasteiger partial charge is 0.337 e. The van der Waals surface area contributed by atoms with Crippen LogP contribution in [-0.2, 0) is 20.7 Å². The standard InChI is InChI=1S/C25H25N3O5S/c1-4-5-23-27-19(14-34-23)17-8-11-21-20(12-17)28(24(30)15(2)33-21)13-22(29)26-18-9-6-16(7-10-18)25(31)32-3/h6-12,14-15H,4-5,13H2,1-3H3,(H,26,29). The molecule has 2 heterocycles. The number of esters is 1. The number of ether oxygens (including phenoxy) is 2. The molecule has 1 aliphatic rings. The molecule has 0 aliphatic carbocycles. The highest BCUT2D eigenvalue weighted by Gasteiger charge is 2.33. The molecule has 1 atom stereocenters. The molecule has 0 spiro atoms. The first kappa shape index (κ1) is 23.4. The maximum atomic E-state index is 12.9. The minimum atomic E-state index is -0.707. The molecule has 9 heteroatoms. The van der Waals surface area contributed by atoms with Gasteiger partial charge < -0.3 is 14.8 Å². The van der Waals surface area contributed by atoms with E-state index in [-0.39, 0.29) is 18.4 Å². The fraction of sp³-hybridized carbons (Fsp3) is 0.280. The summed E-state index contributed by atoms with van der Waals surface area (Å²) in [7, 11) is 1.31. The van der Waals surface area contributed by atoms with Crippen LogP contribution in [0.4, 0.5) is 11.4 Å². The third-order valence-corrected chi connectivity index (χ3v) is 6.28. The van der Waals surface area contributed by atoms with Crippen LogP contribution in [0.1, 0.15) is 35.6 Å². The number of benzene rings is 2. The molecule has 34 heavy (non-hydrogen) atoms. The Hall–Kier alpha value is -3.72. The number of aryl methyl sites for hydroxylation is 1. The van der Waals surface area contributed by atoms with E-state index in [1.165, 1.54) is 12.0 Å². The van der Waals surface area contributed by atoms with Crippen LogP contribution < -0.4 is 15.0 Å². The van der Waals surface area contributed by atoms with Crippen molar-refractivity contribution in [2.75, 3.05) is 23.9 Å². The van der Waals surface area contributed by atoms with Gasteiger partial charge in [0.15, 0.2) is 6.10 Å². The molecule has 1 unspecified atom stereocenters. The lowest BCUT2D eigenvalue weighted by Crippen LogP contribution is -2.47. The van der Waals surface area contributed by atoms with Crippen molar-refractivity contribution in [1.29, 1.82) is 0 Å². The molecule has 0 saturated carbocycles. The fourth-order valence-corrected chi connectivity index (χ4v) is 4.56. The van der Waals surface area contributed by atoms with Crippen LogP contribution in [0.2, 0.25) is 0 Å². The first-order valence-electron chi connectivity index (χ1n) is 10.9. The van der Waals surface area contributed by atoms with E-state index in [0.29, 0.717) is 22.7 Å². The van der Waals surface area contributed by atoms with Gasteiger partial charge in [0.25, 0.3) is 5.91 Å². The fourth-order valence-electron chi connectivity index (χ4n) is 3.65. The molecule has 0 saturated heterocycles. The van der Waals surface area contributed by atoms with Crippen molar-refractivity contribution in [3.63, 3.8) is 0 Å².